The van der Waals surface area contributed by atoms with Gasteiger partial charge >= 0.3 is 0 Å². The molecule has 0 atom stereocenters. The van der Waals surface area contributed by atoms with Crippen LogP contribution in [0.2, 0.25) is 0 Å². The topological polar surface area (TPSA) is 37.3 Å². The maximum atomic E-state index is 13.2. The van der Waals surface area contributed by atoms with Crippen LogP contribution in [0.25, 0.3) is 21.5 Å². The second-order valence-electron chi connectivity index (χ2n) is 5.63. The van der Waals surface area contributed by atoms with Crippen molar-refractivity contribution in [2.45, 2.75) is 0 Å². The number of ketones is 1. The standard InChI is InChI=1S/C21H13BrO2/c22-20-15-9-3-1-7-13(15)19(14-8-2-4-10-16(14)20)21(24)17-11-5-6-12-18(17)23/h1-12,23H. The van der Waals surface area contributed by atoms with E-state index in [1.165, 1.54) is 6.07 Å². The summed E-state index contributed by atoms with van der Waals surface area (Å²) in [7, 11) is 0. The van der Waals surface area contributed by atoms with Crippen LogP contribution in [0.4, 0.5) is 0 Å². The van der Waals surface area contributed by atoms with Crippen LogP contribution in [0.3, 0.4) is 0 Å². The summed E-state index contributed by atoms with van der Waals surface area (Å²) in [6.45, 7) is 0. The fraction of sp³-hybridized carbons (Fsp3) is 0. The first-order chi connectivity index (χ1) is 11.7. The molecule has 3 heteroatoms. The van der Waals surface area contributed by atoms with Gasteiger partial charge in [-0.05, 0) is 49.6 Å². The molecule has 0 aliphatic carbocycles. The van der Waals surface area contributed by atoms with E-state index in [1.807, 2.05) is 48.5 Å². The molecule has 0 amide bonds. The number of hydrogen-bond acceptors (Lipinski definition) is 2. The Balaban J connectivity index is 2.15. The van der Waals surface area contributed by atoms with Crippen LogP contribution < -0.4 is 0 Å². The Bertz CT molecular complexity index is 1040. The van der Waals surface area contributed by atoms with Crippen LogP contribution in [-0.2, 0) is 0 Å². The van der Waals surface area contributed by atoms with E-state index < -0.39 is 0 Å². The van der Waals surface area contributed by atoms with Crippen LogP contribution in [0.5, 0.6) is 5.75 Å². The smallest absolute Gasteiger partial charge is 0.197 e. The summed E-state index contributed by atoms with van der Waals surface area (Å²) >= 11 is 3.68. The SMILES string of the molecule is O=C(c1ccccc1O)c1c2ccccc2c(Br)c2ccccc12. The minimum absolute atomic E-state index is 0.00131. The highest BCUT2D eigenvalue weighted by atomic mass is 79.9. The molecule has 0 fully saturated rings. The molecular weight excluding hydrogens is 364 g/mol. The van der Waals surface area contributed by atoms with Gasteiger partial charge in [-0.25, -0.2) is 0 Å². The van der Waals surface area contributed by atoms with E-state index in [2.05, 4.69) is 15.9 Å². The van der Waals surface area contributed by atoms with Gasteiger partial charge in [0, 0.05) is 10.0 Å². The molecule has 4 rings (SSSR count). The number of carbonyl (C=O) groups excluding carboxylic acids is 1. The minimum Gasteiger partial charge on any atom is -0.507 e. The average molecular weight is 377 g/mol. The molecule has 2 nitrogen and oxygen atoms in total. The number of halogens is 1. The molecule has 0 aliphatic heterocycles. The molecule has 1 N–H and O–H groups in total. The third-order valence-electron chi connectivity index (χ3n) is 4.24. The number of phenolic OH excluding ortho intramolecular Hbond substituents is 1. The van der Waals surface area contributed by atoms with E-state index in [9.17, 15) is 9.90 Å². The summed E-state index contributed by atoms with van der Waals surface area (Å²) < 4.78 is 0.975. The van der Waals surface area contributed by atoms with Gasteiger partial charge in [0.05, 0.1) is 5.56 Å². The molecule has 0 spiro atoms. The predicted octanol–water partition coefficient (Wildman–Crippen LogP) is 5.69. The molecule has 0 aromatic heterocycles. The molecule has 0 heterocycles. The molecule has 116 valence electrons. The van der Waals surface area contributed by atoms with Crippen molar-refractivity contribution < 1.29 is 9.90 Å². The van der Waals surface area contributed by atoms with Gasteiger partial charge in [0.15, 0.2) is 5.78 Å². The first kappa shape index (κ1) is 14.9. The highest BCUT2D eigenvalue weighted by Gasteiger charge is 2.20. The fourth-order valence-electron chi connectivity index (χ4n) is 3.12. The lowest BCUT2D eigenvalue weighted by atomic mass is 9.91. The number of phenols is 1. The van der Waals surface area contributed by atoms with Gasteiger partial charge in [-0.15, -0.1) is 0 Å². The molecule has 0 saturated carbocycles. The number of rotatable bonds is 2. The van der Waals surface area contributed by atoms with Crippen molar-refractivity contribution in [1.82, 2.24) is 0 Å². The maximum absolute atomic E-state index is 13.2. The van der Waals surface area contributed by atoms with Crippen molar-refractivity contribution in [3.63, 3.8) is 0 Å². The van der Waals surface area contributed by atoms with Crippen LogP contribution in [0.15, 0.2) is 77.3 Å². The Labute approximate surface area is 147 Å². The highest BCUT2D eigenvalue weighted by Crippen LogP contribution is 2.37. The molecule has 0 radical (unpaired) electrons. The molecule has 24 heavy (non-hydrogen) atoms. The van der Waals surface area contributed by atoms with Gasteiger partial charge < -0.3 is 5.11 Å². The molecular formula is C21H13BrO2. The average Bonchev–Trinajstić information content (AvgIpc) is 2.62. The van der Waals surface area contributed by atoms with E-state index in [0.717, 1.165) is 26.0 Å². The molecule has 0 aliphatic rings. The summed E-state index contributed by atoms with van der Waals surface area (Å²) in [6.07, 6.45) is 0. The number of para-hydroxylation sites is 1. The second-order valence-corrected chi connectivity index (χ2v) is 6.42. The van der Waals surface area contributed by atoms with Gasteiger partial charge in [-0.2, -0.15) is 0 Å². The fourth-order valence-corrected chi connectivity index (χ4v) is 3.81. The number of carbonyl (C=O) groups is 1. The molecule has 4 aromatic rings. The van der Waals surface area contributed by atoms with E-state index >= 15 is 0 Å². The van der Waals surface area contributed by atoms with Gasteiger partial charge in [0.25, 0.3) is 0 Å². The lowest BCUT2D eigenvalue weighted by Crippen LogP contribution is -2.04. The van der Waals surface area contributed by atoms with Crippen LogP contribution in [0, 0.1) is 0 Å². The molecule has 4 aromatic carbocycles. The van der Waals surface area contributed by atoms with Crippen LogP contribution in [0.1, 0.15) is 15.9 Å². The van der Waals surface area contributed by atoms with E-state index in [-0.39, 0.29) is 11.5 Å². The third-order valence-corrected chi connectivity index (χ3v) is 5.10. The van der Waals surface area contributed by atoms with E-state index in [0.29, 0.717) is 11.1 Å². The lowest BCUT2D eigenvalue weighted by molar-refractivity contribution is 0.103. The summed E-state index contributed by atoms with van der Waals surface area (Å²) in [5.41, 5.74) is 0.932. The van der Waals surface area contributed by atoms with Gasteiger partial charge in [0.2, 0.25) is 0 Å². The van der Waals surface area contributed by atoms with Crippen molar-refractivity contribution in [3.05, 3.63) is 88.4 Å². The van der Waals surface area contributed by atoms with Crippen LogP contribution >= 0.6 is 15.9 Å². The molecule has 0 unspecified atom stereocenters. The lowest BCUT2D eigenvalue weighted by Gasteiger charge is -2.13. The van der Waals surface area contributed by atoms with Gasteiger partial charge in [-0.3, -0.25) is 4.79 Å². The van der Waals surface area contributed by atoms with E-state index in [4.69, 9.17) is 0 Å². The van der Waals surface area contributed by atoms with Crippen molar-refractivity contribution in [2.75, 3.05) is 0 Å². The Kier molecular flexibility index (Phi) is 3.58. The Morgan fingerprint density at radius 1 is 0.708 bits per heavy atom. The van der Waals surface area contributed by atoms with Crippen molar-refractivity contribution in [2.24, 2.45) is 0 Å². The Hall–Kier alpha value is -2.65. The number of fused-ring (bicyclic) bond motifs is 2. The number of aromatic hydroxyl groups is 1. The maximum Gasteiger partial charge on any atom is 0.197 e. The summed E-state index contributed by atoms with van der Waals surface area (Å²) in [5.74, 6) is -0.174. The monoisotopic (exact) mass is 376 g/mol. The summed E-state index contributed by atoms with van der Waals surface area (Å²) in [6, 6.07) is 22.3. The largest absolute Gasteiger partial charge is 0.507 e. The normalized spacial score (nSPS) is 11.0. The first-order valence-corrected chi connectivity index (χ1v) is 8.39. The zero-order valence-electron chi connectivity index (χ0n) is 12.7. The Morgan fingerprint density at radius 3 is 1.71 bits per heavy atom. The zero-order chi connectivity index (χ0) is 16.7. The van der Waals surface area contributed by atoms with Gasteiger partial charge in [0.1, 0.15) is 5.75 Å². The van der Waals surface area contributed by atoms with Gasteiger partial charge in [-0.1, -0.05) is 60.7 Å². The van der Waals surface area contributed by atoms with Crippen molar-refractivity contribution >= 4 is 43.3 Å². The Morgan fingerprint density at radius 2 is 1.17 bits per heavy atom. The predicted molar refractivity (Wildman–Crippen MR) is 101 cm³/mol. The first-order valence-electron chi connectivity index (χ1n) is 7.60. The number of benzene rings is 4. The van der Waals surface area contributed by atoms with E-state index in [1.54, 1.807) is 18.2 Å². The minimum atomic E-state index is -0.173. The second kappa shape index (κ2) is 5.77. The molecule has 0 saturated heterocycles. The highest BCUT2D eigenvalue weighted by molar-refractivity contribution is 9.10. The van der Waals surface area contributed by atoms with Crippen molar-refractivity contribution in [3.8, 4) is 5.75 Å². The van der Waals surface area contributed by atoms with Crippen molar-refractivity contribution in [1.29, 1.82) is 0 Å². The summed E-state index contributed by atoms with van der Waals surface area (Å²) in [5, 5.41) is 13.8. The summed E-state index contributed by atoms with van der Waals surface area (Å²) in [4.78, 5) is 13.2. The quantitative estimate of drug-likeness (QED) is 0.360. The van der Waals surface area contributed by atoms with Crippen LogP contribution in [-0.4, -0.2) is 10.9 Å². The third kappa shape index (κ3) is 2.21. The zero-order valence-corrected chi connectivity index (χ0v) is 14.2. The molecule has 0 bridgehead atoms. The number of hydrogen-bond donors (Lipinski definition) is 1.